The Morgan fingerprint density at radius 1 is 1.05 bits per heavy atom. The van der Waals surface area contributed by atoms with E-state index >= 15 is 0 Å². The summed E-state index contributed by atoms with van der Waals surface area (Å²) in [7, 11) is 0. The van der Waals surface area contributed by atoms with Gasteiger partial charge in [-0.25, -0.2) is 13.8 Å². The van der Waals surface area contributed by atoms with Crippen LogP contribution >= 0.6 is 0 Å². The summed E-state index contributed by atoms with van der Waals surface area (Å²) >= 11 is 0. The first-order valence-corrected chi connectivity index (χ1v) is 6.65. The van der Waals surface area contributed by atoms with Crippen molar-refractivity contribution in [2.45, 2.75) is 0 Å². The van der Waals surface area contributed by atoms with Crippen LogP contribution in [0.2, 0.25) is 0 Å². The second kappa shape index (κ2) is 5.51. The highest BCUT2D eigenvalue weighted by molar-refractivity contribution is 5.66. The molecule has 2 aromatic rings. The van der Waals surface area contributed by atoms with Crippen LogP contribution in [-0.2, 0) is 0 Å². The van der Waals surface area contributed by atoms with Crippen molar-refractivity contribution in [1.29, 1.82) is 0 Å². The zero-order valence-electron chi connectivity index (χ0n) is 11.3. The number of rotatable bonds is 2. The lowest BCUT2D eigenvalue weighted by Gasteiger charge is -2.37. The molecule has 0 amide bonds. The highest BCUT2D eigenvalue weighted by Crippen LogP contribution is 2.24. The van der Waals surface area contributed by atoms with Crippen molar-refractivity contribution in [1.82, 2.24) is 9.97 Å². The predicted octanol–water partition coefficient (Wildman–Crippen LogP) is 1.66. The van der Waals surface area contributed by atoms with Gasteiger partial charge >= 0.3 is 0 Å². The average Bonchev–Trinajstić information content (AvgIpc) is 2.48. The topological polar surface area (TPSA) is 58.3 Å². The summed E-state index contributed by atoms with van der Waals surface area (Å²) in [6, 6.07) is 2.72. The van der Waals surface area contributed by atoms with Gasteiger partial charge < -0.3 is 15.5 Å². The summed E-state index contributed by atoms with van der Waals surface area (Å²) in [5.74, 6) is -1.11. The van der Waals surface area contributed by atoms with Gasteiger partial charge in [-0.1, -0.05) is 0 Å². The minimum Gasteiger partial charge on any atom is -0.396 e. The maximum absolute atomic E-state index is 13.7. The summed E-state index contributed by atoms with van der Waals surface area (Å²) in [4.78, 5) is 11.7. The van der Waals surface area contributed by atoms with Gasteiger partial charge in [-0.15, -0.1) is 0 Å². The van der Waals surface area contributed by atoms with E-state index in [0.717, 1.165) is 18.0 Å². The molecule has 1 aliphatic rings. The number of nitrogen functional groups attached to an aromatic ring is 1. The molecule has 0 aliphatic carbocycles. The van der Waals surface area contributed by atoms with Crippen molar-refractivity contribution in [2.75, 3.05) is 41.7 Å². The molecule has 2 aromatic heterocycles. The van der Waals surface area contributed by atoms with E-state index in [-0.39, 0.29) is 5.82 Å². The summed E-state index contributed by atoms with van der Waals surface area (Å²) in [6.45, 7) is 2.56. The van der Waals surface area contributed by atoms with E-state index in [0.29, 0.717) is 31.9 Å². The molecule has 7 heteroatoms. The fourth-order valence-corrected chi connectivity index (χ4v) is 2.49. The molecular formula is C14H15F2N5. The quantitative estimate of drug-likeness (QED) is 0.912. The van der Waals surface area contributed by atoms with Crippen molar-refractivity contribution in [3.8, 4) is 0 Å². The van der Waals surface area contributed by atoms with E-state index in [1.165, 1.54) is 0 Å². The molecular weight excluding hydrogens is 276 g/mol. The Kier molecular flexibility index (Phi) is 3.55. The number of pyridine rings is 2. The first kappa shape index (κ1) is 13.5. The fourth-order valence-electron chi connectivity index (χ4n) is 2.49. The zero-order chi connectivity index (χ0) is 14.8. The highest BCUT2D eigenvalue weighted by Gasteiger charge is 2.22. The molecule has 1 aliphatic heterocycles. The molecule has 110 valence electrons. The molecule has 0 bridgehead atoms. The second-order valence-electron chi connectivity index (χ2n) is 4.87. The van der Waals surface area contributed by atoms with Crippen molar-refractivity contribution >= 4 is 17.2 Å². The number of hydrogen-bond acceptors (Lipinski definition) is 5. The molecule has 0 spiro atoms. The van der Waals surface area contributed by atoms with Gasteiger partial charge in [-0.05, 0) is 6.07 Å². The van der Waals surface area contributed by atoms with Gasteiger partial charge in [0.2, 0.25) is 0 Å². The van der Waals surface area contributed by atoms with Gasteiger partial charge in [0.15, 0.2) is 11.6 Å². The van der Waals surface area contributed by atoms with Crippen LogP contribution in [0, 0.1) is 11.6 Å². The molecule has 0 unspecified atom stereocenters. The average molecular weight is 291 g/mol. The number of halogens is 2. The Bertz CT molecular complexity index is 641. The number of piperazine rings is 1. The maximum Gasteiger partial charge on any atom is 0.168 e. The first-order valence-electron chi connectivity index (χ1n) is 6.65. The van der Waals surface area contributed by atoms with Gasteiger partial charge in [0.05, 0.1) is 23.8 Å². The molecule has 5 nitrogen and oxygen atoms in total. The summed E-state index contributed by atoms with van der Waals surface area (Å²) in [6.07, 6.45) is 4.34. The minimum atomic E-state index is -0.667. The molecule has 2 N–H and O–H groups in total. The Labute approximate surface area is 121 Å². The second-order valence-corrected chi connectivity index (χ2v) is 4.87. The molecule has 0 aromatic carbocycles. The number of nitrogens with zero attached hydrogens (tertiary/aromatic N) is 4. The van der Waals surface area contributed by atoms with Crippen LogP contribution in [0.25, 0.3) is 0 Å². The van der Waals surface area contributed by atoms with Crippen LogP contribution in [-0.4, -0.2) is 36.1 Å². The lowest BCUT2D eigenvalue weighted by atomic mass is 10.2. The summed E-state index contributed by atoms with van der Waals surface area (Å²) in [5, 5.41) is 0. The standard InChI is InChI=1S/C14H15F2N5/c15-10-7-11(16)14(19-8-10)21-5-3-20(4-6-21)13-1-2-18-9-12(13)17/h1-2,7-9H,3-6,17H2. The number of nitrogens with two attached hydrogens (primary N) is 1. The van der Waals surface area contributed by atoms with Gasteiger partial charge in [-0.2, -0.15) is 0 Å². The molecule has 0 atom stereocenters. The molecule has 0 radical (unpaired) electrons. The Morgan fingerprint density at radius 3 is 2.43 bits per heavy atom. The summed E-state index contributed by atoms with van der Waals surface area (Å²) in [5.41, 5.74) is 7.46. The van der Waals surface area contributed by atoms with Gasteiger partial charge in [0, 0.05) is 38.4 Å². The molecule has 3 heterocycles. The molecule has 21 heavy (non-hydrogen) atoms. The third-order valence-electron chi connectivity index (χ3n) is 3.54. The van der Waals surface area contributed by atoms with Crippen molar-refractivity contribution < 1.29 is 8.78 Å². The monoisotopic (exact) mass is 291 g/mol. The van der Waals surface area contributed by atoms with Crippen molar-refractivity contribution in [2.24, 2.45) is 0 Å². The molecule has 1 fully saturated rings. The van der Waals surface area contributed by atoms with Gasteiger partial charge in [0.1, 0.15) is 5.82 Å². The van der Waals surface area contributed by atoms with Crippen LogP contribution in [0.1, 0.15) is 0 Å². The Hall–Kier alpha value is -2.44. The molecule has 3 rings (SSSR count). The van der Waals surface area contributed by atoms with Crippen LogP contribution < -0.4 is 15.5 Å². The van der Waals surface area contributed by atoms with E-state index in [4.69, 9.17) is 5.73 Å². The largest absolute Gasteiger partial charge is 0.396 e. The Morgan fingerprint density at radius 2 is 1.76 bits per heavy atom. The van der Waals surface area contributed by atoms with Crippen molar-refractivity contribution in [3.05, 3.63) is 42.4 Å². The van der Waals surface area contributed by atoms with Crippen LogP contribution in [0.4, 0.5) is 26.0 Å². The zero-order valence-corrected chi connectivity index (χ0v) is 11.3. The molecule has 1 saturated heterocycles. The molecule has 0 saturated carbocycles. The minimum absolute atomic E-state index is 0.193. The third kappa shape index (κ3) is 2.72. The third-order valence-corrected chi connectivity index (χ3v) is 3.54. The lowest BCUT2D eigenvalue weighted by molar-refractivity contribution is 0.558. The lowest BCUT2D eigenvalue weighted by Crippen LogP contribution is -2.47. The maximum atomic E-state index is 13.7. The normalized spacial score (nSPS) is 15.3. The van der Waals surface area contributed by atoms with E-state index < -0.39 is 11.6 Å². The Balaban J connectivity index is 1.72. The van der Waals surface area contributed by atoms with E-state index in [9.17, 15) is 8.78 Å². The van der Waals surface area contributed by atoms with Gasteiger partial charge in [-0.3, -0.25) is 4.98 Å². The van der Waals surface area contributed by atoms with Crippen LogP contribution in [0.5, 0.6) is 0 Å². The van der Waals surface area contributed by atoms with Crippen LogP contribution in [0.15, 0.2) is 30.7 Å². The predicted molar refractivity (Wildman–Crippen MR) is 77.2 cm³/mol. The fraction of sp³-hybridized carbons (Fsp3) is 0.286. The first-order chi connectivity index (χ1) is 10.1. The van der Waals surface area contributed by atoms with E-state index in [1.807, 2.05) is 11.0 Å². The highest BCUT2D eigenvalue weighted by atomic mass is 19.1. The summed E-state index contributed by atoms with van der Waals surface area (Å²) < 4.78 is 26.6. The number of hydrogen-bond donors (Lipinski definition) is 1. The smallest absolute Gasteiger partial charge is 0.168 e. The van der Waals surface area contributed by atoms with Crippen molar-refractivity contribution in [3.63, 3.8) is 0 Å². The number of aromatic nitrogens is 2. The van der Waals surface area contributed by atoms with Crippen LogP contribution in [0.3, 0.4) is 0 Å². The van der Waals surface area contributed by atoms with Gasteiger partial charge in [0.25, 0.3) is 0 Å². The van der Waals surface area contributed by atoms with E-state index in [2.05, 4.69) is 14.9 Å². The van der Waals surface area contributed by atoms with E-state index in [1.54, 1.807) is 12.4 Å². The SMILES string of the molecule is Nc1cnccc1N1CCN(c2ncc(F)cc2F)CC1. The number of anilines is 3.